The summed E-state index contributed by atoms with van der Waals surface area (Å²) < 4.78 is 22.0. The average Bonchev–Trinajstić information content (AvgIpc) is 2.48. The highest BCUT2D eigenvalue weighted by molar-refractivity contribution is 5.81. The Labute approximate surface area is 120 Å². The van der Waals surface area contributed by atoms with Crippen molar-refractivity contribution < 1.29 is 18.9 Å². The van der Waals surface area contributed by atoms with Crippen LogP contribution in [0.5, 0.6) is 11.5 Å². The number of nitrogens with zero attached hydrogens (tertiary/aromatic N) is 1. The minimum Gasteiger partial charge on any atom is -0.487 e. The molecule has 0 radical (unpaired) electrons. The smallest absolute Gasteiger partial charge is 0.258 e. The molecule has 7 heteroatoms. The van der Waals surface area contributed by atoms with Crippen molar-refractivity contribution in [2.45, 2.75) is 0 Å². The lowest BCUT2D eigenvalue weighted by molar-refractivity contribution is 0.0224. The molecule has 1 N–H and O–H groups in total. The first-order valence-corrected chi connectivity index (χ1v) is 6.77. The molecule has 0 fully saturated rings. The molecule has 3 rings (SSSR count). The molecule has 2 heterocycles. The summed E-state index contributed by atoms with van der Waals surface area (Å²) in [5.74, 6) is 1.05. The quantitative estimate of drug-likeness (QED) is 0.770. The van der Waals surface area contributed by atoms with Crippen LogP contribution in [0.1, 0.15) is 0 Å². The van der Waals surface area contributed by atoms with Crippen molar-refractivity contribution in [2.75, 3.05) is 39.6 Å². The predicted molar refractivity (Wildman–Crippen MR) is 75.0 cm³/mol. The maximum Gasteiger partial charge on any atom is 0.258 e. The molecular weight excluding hydrogens is 276 g/mol. The standard InChI is InChI=1S/C14H16N2O5/c17-14-10-7-12-13(8-11(10)15-9-16-14)21-6-4-19-2-1-18-3-5-20-12/h7-9H,1-6H2,(H,15,16,17). The van der Waals surface area contributed by atoms with Crippen molar-refractivity contribution in [1.29, 1.82) is 0 Å². The van der Waals surface area contributed by atoms with E-state index < -0.39 is 0 Å². The third-order valence-electron chi connectivity index (χ3n) is 3.05. The van der Waals surface area contributed by atoms with Crippen LogP contribution in [0.4, 0.5) is 0 Å². The number of hydrogen-bond acceptors (Lipinski definition) is 6. The van der Waals surface area contributed by atoms with Crippen molar-refractivity contribution in [1.82, 2.24) is 9.97 Å². The molecule has 0 spiro atoms. The highest BCUT2D eigenvalue weighted by Gasteiger charge is 2.11. The minimum absolute atomic E-state index is 0.211. The van der Waals surface area contributed by atoms with Crippen molar-refractivity contribution in [3.8, 4) is 11.5 Å². The third kappa shape index (κ3) is 3.32. The lowest BCUT2D eigenvalue weighted by Gasteiger charge is -2.15. The van der Waals surface area contributed by atoms with E-state index >= 15 is 0 Å². The number of fused-ring (bicyclic) bond motifs is 2. The second-order valence-electron chi connectivity index (χ2n) is 4.47. The zero-order valence-electron chi connectivity index (χ0n) is 11.5. The number of ether oxygens (including phenoxy) is 4. The number of benzene rings is 1. The molecule has 0 saturated carbocycles. The predicted octanol–water partition coefficient (Wildman–Crippen LogP) is 0.727. The van der Waals surface area contributed by atoms with Crippen LogP contribution < -0.4 is 15.0 Å². The largest absolute Gasteiger partial charge is 0.487 e. The van der Waals surface area contributed by atoms with E-state index in [9.17, 15) is 4.79 Å². The fraction of sp³-hybridized carbons (Fsp3) is 0.429. The summed E-state index contributed by atoms with van der Waals surface area (Å²) >= 11 is 0. The van der Waals surface area contributed by atoms with Gasteiger partial charge in [-0.3, -0.25) is 4.79 Å². The van der Waals surface area contributed by atoms with E-state index in [1.807, 2.05) is 0 Å². The highest BCUT2D eigenvalue weighted by Crippen LogP contribution is 2.30. The van der Waals surface area contributed by atoms with Gasteiger partial charge in [0, 0.05) is 6.07 Å². The first-order valence-electron chi connectivity index (χ1n) is 6.77. The van der Waals surface area contributed by atoms with Gasteiger partial charge in [0.15, 0.2) is 11.5 Å². The first kappa shape index (κ1) is 13.8. The fourth-order valence-electron chi connectivity index (χ4n) is 2.04. The molecule has 2 aromatic rings. The van der Waals surface area contributed by atoms with Crippen LogP contribution in [-0.2, 0) is 9.47 Å². The van der Waals surface area contributed by atoms with Gasteiger partial charge in [-0.15, -0.1) is 0 Å². The molecule has 1 aromatic heterocycles. The molecule has 0 saturated heterocycles. The molecule has 0 amide bonds. The van der Waals surface area contributed by atoms with Gasteiger partial charge in [0.25, 0.3) is 5.56 Å². The van der Waals surface area contributed by atoms with Gasteiger partial charge in [-0.25, -0.2) is 4.98 Å². The van der Waals surface area contributed by atoms with Gasteiger partial charge in [-0.2, -0.15) is 0 Å². The maximum atomic E-state index is 11.8. The van der Waals surface area contributed by atoms with E-state index in [1.54, 1.807) is 12.1 Å². The van der Waals surface area contributed by atoms with E-state index in [-0.39, 0.29) is 5.56 Å². The lowest BCUT2D eigenvalue weighted by atomic mass is 10.2. The molecule has 0 atom stereocenters. The minimum atomic E-state index is -0.211. The van der Waals surface area contributed by atoms with Crippen LogP contribution in [0, 0.1) is 0 Å². The summed E-state index contributed by atoms with van der Waals surface area (Å²) in [4.78, 5) is 18.5. The zero-order valence-corrected chi connectivity index (χ0v) is 11.5. The first-order chi connectivity index (χ1) is 10.3. The van der Waals surface area contributed by atoms with E-state index in [4.69, 9.17) is 18.9 Å². The Morgan fingerprint density at radius 3 is 2.24 bits per heavy atom. The number of aromatic amines is 1. The molecule has 21 heavy (non-hydrogen) atoms. The SMILES string of the molecule is O=c1[nH]cnc2cc3c(cc12)OCCOCCOCCO3. The molecule has 0 unspecified atom stereocenters. The topological polar surface area (TPSA) is 82.7 Å². The Hall–Kier alpha value is -2.12. The Balaban J connectivity index is 1.94. The van der Waals surface area contributed by atoms with Crippen molar-refractivity contribution in [3.63, 3.8) is 0 Å². The van der Waals surface area contributed by atoms with Gasteiger partial charge >= 0.3 is 0 Å². The molecule has 1 aromatic carbocycles. The normalized spacial score (nSPS) is 17.0. The number of aromatic nitrogens is 2. The number of rotatable bonds is 0. The summed E-state index contributed by atoms with van der Waals surface area (Å²) in [6.45, 7) is 2.74. The Kier molecular flexibility index (Phi) is 4.32. The molecule has 1 aliphatic rings. The Bertz CT molecular complexity index is 670. The molecule has 0 aliphatic carbocycles. The molecular formula is C14H16N2O5. The van der Waals surface area contributed by atoms with Gasteiger partial charge in [0.2, 0.25) is 0 Å². The average molecular weight is 292 g/mol. The summed E-state index contributed by atoms with van der Waals surface area (Å²) in [7, 11) is 0. The molecule has 1 aliphatic heterocycles. The summed E-state index contributed by atoms with van der Waals surface area (Å²) in [6.07, 6.45) is 1.37. The van der Waals surface area contributed by atoms with Crippen LogP contribution in [-0.4, -0.2) is 49.6 Å². The van der Waals surface area contributed by atoms with Crippen molar-refractivity contribution in [2.24, 2.45) is 0 Å². The van der Waals surface area contributed by atoms with Gasteiger partial charge in [0.1, 0.15) is 13.2 Å². The van der Waals surface area contributed by atoms with Crippen molar-refractivity contribution >= 4 is 10.9 Å². The monoisotopic (exact) mass is 292 g/mol. The second-order valence-corrected chi connectivity index (χ2v) is 4.47. The zero-order chi connectivity index (χ0) is 14.5. The van der Waals surface area contributed by atoms with Crippen LogP contribution in [0.2, 0.25) is 0 Å². The summed E-state index contributed by atoms with van der Waals surface area (Å²) in [5.41, 5.74) is 0.350. The van der Waals surface area contributed by atoms with Crippen molar-refractivity contribution in [3.05, 3.63) is 28.8 Å². The fourth-order valence-corrected chi connectivity index (χ4v) is 2.04. The highest BCUT2D eigenvalue weighted by atomic mass is 16.6. The van der Waals surface area contributed by atoms with Gasteiger partial charge in [-0.05, 0) is 6.07 Å². The molecule has 0 bridgehead atoms. The van der Waals surface area contributed by atoms with Crippen LogP contribution in [0.25, 0.3) is 10.9 Å². The molecule has 7 nitrogen and oxygen atoms in total. The van der Waals surface area contributed by atoms with E-state index in [0.717, 1.165) is 0 Å². The number of H-pyrrole nitrogens is 1. The van der Waals surface area contributed by atoms with Crippen LogP contribution in [0.3, 0.4) is 0 Å². The summed E-state index contributed by atoms with van der Waals surface area (Å²) in [5, 5.41) is 0.462. The second kappa shape index (κ2) is 6.55. The van der Waals surface area contributed by atoms with E-state index in [0.29, 0.717) is 62.0 Å². The Morgan fingerprint density at radius 2 is 1.52 bits per heavy atom. The van der Waals surface area contributed by atoms with E-state index in [1.165, 1.54) is 6.33 Å². The number of nitrogens with one attached hydrogen (secondary N) is 1. The van der Waals surface area contributed by atoms with Gasteiger partial charge in [-0.1, -0.05) is 0 Å². The third-order valence-corrected chi connectivity index (χ3v) is 3.05. The maximum absolute atomic E-state index is 11.8. The molecule has 112 valence electrons. The van der Waals surface area contributed by atoms with Gasteiger partial charge < -0.3 is 23.9 Å². The van der Waals surface area contributed by atoms with Gasteiger partial charge in [0.05, 0.1) is 43.7 Å². The summed E-state index contributed by atoms with van der Waals surface area (Å²) in [6, 6.07) is 3.34. The van der Waals surface area contributed by atoms with Crippen LogP contribution >= 0.6 is 0 Å². The van der Waals surface area contributed by atoms with Crippen LogP contribution in [0.15, 0.2) is 23.3 Å². The van der Waals surface area contributed by atoms with E-state index in [2.05, 4.69) is 9.97 Å². The number of hydrogen-bond donors (Lipinski definition) is 1. The Morgan fingerprint density at radius 1 is 0.905 bits per heavy atom. The lowest BCUT2D eigenvalue weighted by Crippen LogP contribution is -2.16.